The van der Waals surface area contributed by atoms with E-state index in [0.717, 1.165) is 5.56 Å². The van der Waals surface area contributed by atoms with E-state index in [-0.39, 0.29) is 17.5 Å². The van der Waals surface area contributed by atoms with Crippen LogP contribution in [-0.2, 0) is 22.1 Å². The van der Waals surface area contributed by atoms with E-state index in [0.29, 0.717) is 12.4 Å². The highest BCUT2D eigenvalue weighted by Gasteiger charge is 2.14. The van der Waals surface area contributed by atoms with Crippen LogP contribution in [0.2, 0.25) is 0 Å². The molecular weight excluding hydrogens is 318 g/mol. The first kappa shape index (κ1) is 16.9. The molecule has 1 N–H and O–H groups in total. The monoisotopic (exact) mass is 335 g/mol. The van der Waals surface area contributed by atoms with E-state index >= 15 is 0 Å². The summed E-state index contributed by atoms with van der Waals surface area (Å²) >= 11 is 0. The van der Waals surface area contributed by atoms with Gasteiger partial charge in [-0.15, -0.1) is 10.2 Å². The number of benzene rings is 1. The minimum Gasteiger partial charge on any atom is -0.490 e. The molecule has 2 aromatic rings. The number of nitrogens with one attached hydrogen (secondary N) is 1. The van der Waals surface area contributed by atoms with Gasteiger partial charge in [0.2, 0.25) is 5.82 Å². The molecule has 1 atom stereocenters. The normalized spacial score (nSPS) is 11.6. The van der Waals surface area contributed by atoms with Gasteiger partial charge in [0, 0.05) is 12.3 Å². The number of hydrogen-bond acceptors (Lipinski definition) is 6. The lowest BCUT2D eigenvalue weighted by molar-refractivity contribution is 0.155. The van der Waals surface area contributed by atoms with Crippen LogP contribution in [-0.4, -0.2) is 33.4 Å². The van der Waals surface area contributed by atoms with Gasteiger partial charge in [-0.05, 0) is 12.5 Å². The molecule has 0 aliphatic carbocycles. The number of aromatic nitrogens is 2. The van der Waals surface area contributed by atoms with Crippen LogP contribution in [0, 0.1) is 0 Å². The predicted octanol–water partition coefficient (Wildman–Crippen LogP) is 2.36. The van der Waals surface area contributed by atoms with Crippen LogP contribution < -0.4 is 10.1 Å². The van der Waals surface area contributed by atoms with E-state index in [4.69, 9.17) is 9.47 Å². The van der Waals surface area contributed by atoms with E-state index in [1.165, 1.54) is 12.3 Å². The minimum absolute atomic E-state index is 0.124. The van der Waals surface area contributed by atoms with Gasteiger partial charge >= 0.3 is 6.09 Å². The van der Waals surface area contributed by atoms with Crippen molar-refractivity contribution in [1.82, 2.24) is 10.2 Å². The van der Waals surface area contributed by atoms with Gasteiger partial charge in [-0.25, -0.2) is 4.79 Å². The molecule has 8 heteroatoms. The van der Waals surface area contributed by atoms with Crippen molar-refractivity contribution in [2.24, 2.45) is 0 Å². The lowest BCUT2D eigenvalue weighted by Gasteiger charge is -2.11. The van der Waals surface area contributed by atoms with E-state index in [9.17, 15) is 9.00 Å². The Balaban J connectivity index is 2.03. The largest absolute Gasteiger partial charge is 0.490 e. The molecule has 23 heavy (non-hydrogen) atoms. The van der Waals surface area contributed by atoms with Gasteiger partial charge in [-0.2, -0.15) is 0 Å². The number of carbonyl (C=O) groups is 1. The van der Waals surface area contributed by atoms with Gasteiger partial charge in [0.05, 0.1) is 17.4 Å². The van der Waals surface area contributed by atoms with E-state index in [1.807, 2.05) is 30.3 Å². The molecule has 2 rings (SSSR count). The zero-order valence-corrected chi connectivity index (χ0v) is 13.6. The van der Waals surface area contributed by atoms with Crippen LogP contribution in [0.5, 0.6) is 5.75 Å². The number of nitrogens with zero attached hydrogens (tertiary/aromatic N) is 2. The average Bonchev–Trinajstić information content (AvgIpc) is 2.55. The number of ether oxygens (including phenoxy) is 2. The molecule has 0 aliphatic rings. The molecule has 1 aromatic carbocycles. The van der Waals surface area contributed by atoms with Crippen molar-refractivity contribution >= 4 is 22.7 Å². The highest BCUT2D eigenvalue weighted by atomic mass is 32.2. The first-order chi connectivity index (χ1) is 11.1. The smallest absolute Gasteiger partial charge is 0.413 e. The standard InChI is InChI=1S/C15H17N3O4S/c1-3-21-12-9-13(23(2)20)17-18-14(12)16-15(19)22-10-11-7-5-4-6-8-11/h4-9H,3,10H2,1-2H3,(H,16,18,19)/t23-/m0/s1. The Labute approximate surface area is 136 Å². The summed E-state index contributed by atoms with van der Waals surface area (Å²) in [6.45, 7) is 2.30. The fraction of sp³-hybridized carbons (Fsp3) is 0.267. The summed E-state index contributed by atoms with van der Waals surface area (Å²) in [4.78, 5) is 11.8. The summed E-state index contributed by atoms with van der Waals surface area (Å²) in [5.74, 6) is 0.420. The molecule has 1 heterocycles. The molecule has 7 nitrogen and oxygen atoms in total. The maximum atomic E-state index is 11.8. The molecule has 0 saturated carbocycles. The van der Waals surface area contributed by atoms with Gasteiger partial charge in [-0.3, -0.25) is 9.53 Å². The Hall–Kier alpha value is -2.48. The van der Waals surface area contributed by atoms with Crippen molar-refractivity contribution < 1.29 is 18.5 Å². The van der Waals surface area contributed by atoms with Crippen molar-refractivity contribution in [3.05, 3.63) is 42.0 Å². The number of hydrogen-bond donors (Lipinski definition) is 1. The molecule has 0 unspecified atom stereocenters. The number of amides is 1. The maximum Gasteiger partial charge on any atom is 0.413 e. The van der Waals surface area contributed by atoms with E-state index < -0.39 is 16.9 Å². The van der Waals surface area contributed by atoms with Crippen LogP contribution in [0.1, 0.15) is 12.5 Å². The fourth-order valence-corrected chi connectivity index (χ4v) is 2.14. The molecule has 0 bridgehead atoms. The highest BCUT2D eigenvalue weighted by molar-refractivity contribution is 7.84. The third kappa shape index (κ3) is 5.03. The summed E-state index contributed by atoms with van der Waals surface area (Å²) < 4.78 is 21.9. The number of anilines is 1. The van der Waals surface area contributed by atoms with Gasteiger partial charge in [0.15, 0.2) is 10.8 Å². The minimum atomic E-state index is -1.29. The summed E-state index contributed by atoms with van der Waals surface area (Å²) in [6, 6.07) is 10.8. The summed E-state index contributed by atoms with van der Waals surface area (Å²) in [5.41, 5.74) is 0.871. The van der Waals surface area contributed by atoms with Crippen LogP contribution in [0.25, 0.3) is 0 Å². The predicted molar refractivity (Wildman–Crippen MR) is 85.8 cm³/mol. The van der Waals surface area contributed by atoms with Crippen molar-refractivity contribution in [1.29, 1.82) is 0 Å². The molecule has 0 radical (unpaired) electrons. The summed E-state index contributed by atoms with van der Waals surface area (Å²) in [7, 11) is -1.29. The lowest BCUT2D eigenvalue weighted by Crippen LogP contribution is -2.16. The van der Waals surface area contributed by atoms with Crippen LogP contribution in [0.15, 0.2) is 41.4 Å². The van der Waals surface area contributed by atoms with E-state index in [1.54, 1.807) is 6.92 Å². The highest BCUT2D eigenvalue weighted by Crippen LogP contribution is 2.23. The zero-order chi connectivity index (χ0) is 16.7. The van der Waals surface area contributed by atoms with Gasteiger partial charge in [0.25, 0.3) is 0 Å². The third-order valence-corrected chi connectivity index (χ3v) is 3.55. The molecule has 0 fully saturated rings. The third-order valence-electron chi connectivity index (χ3n) is 2.76. The quantitative estimate of drug-likeness (QED) is 0.871. The number of rotatable bonds is 6. The van der Waals surface area contributed by atoms with Crippen LogP contribution in [0.3, 0.4) is 0 Å². The Bertz CT molecular complexity index is 694. The van der Waals surface area contributed by atoms with Gasteiger partial charge < -0.3 is 9.47 Å². The Morgan fingerprint density at radius 2 is 2.00 bits per heavy atom. The molecule has 0 saturated heterocycles. The van der Waals surface area contributed by atoms with Gasteiger partial charge in [0.1, 0.15) is 6.61 Å². The Kier molecular flexibility index (Phi) is 6.04. The van der Waals surface area contributed by atoms with Crippen molar-refractivity contribution in [3.8, 4) is 5.75 Å². The van der Waals surface area contributed by atoms with Gasteiger partial charge in [-0.1, -0.05) is 30.3 Å². The Morgan fingerprint density at radius 3 is 2.65 bits per heavy atom. The van der Waals surface area contributed by atoms with Crippen LogP contribution in [0.4, 0.5) is 10.6 Å². The van der Waals surface area contributed by atoms with Crippen LogP contribution >= 0.6 is 0 Å². The first-order valence-electron chi connectivity index (χ1n) is 6.91. The van der Waals surface area contributed by atoms with Crippen molar-refractivity contribution in [3.63, 3.8) is 0 Å². The van der Waals surface area contributed by atoms with Crippen molar-refractivity contribution in [2.75, 3.05) is 18.2 Å². The molecule has 0 aliphatic heterocycles. The lowest BCUT2D eigenvalue weighted by atomic mass is 10.2. The summed E-state index contributed by atoms with van der Waals surface area (Å²) in [6.07, 6.45) is 0.815. The fourth-order valence-electron chi connectivity index (χ4n) is 1.71. The zero-order valence-electron chi connectivity index (χ0n) is 12.8. The SMILES string of the molecule is CCOc1cc([S@](C)=O)nnc1NC(=O)OCc1ccccc1. The number of carbonyl (C=O) groups excluding carboxylic acids is 1. The maximum absolute atomic E-state index is 11.8. The summed E-state index contributed by atoms with van der Waals surface area (Å²) in [5, 5.41) is 10.4. The van der Waals surface area contributed by atoms with E-state index in [2.05, 4.69) is 15.5 Å². The second kappa shape index (κ2) is 8.23. The second-order valence-electron chi connectivity index (χ2n) is 4.47. The average molecular weight is 335 g/mol. The topological polar surface area (TPSA) is 90.4 Å². The molecule has 1 aromatic heterocycles. The molecular formula is C15H17N3O4S. The molecule has 122 valence electrons. The Morgan fingerprint density at radius 1 is 1.26 bits per heavy atom. The second-order valence-corrected chi connectivity index (χ2v) is 5.80. The molecule has 1 amide bonds. The molecule has 0 spiro atoms. The van der Waals surface area contributed by atoms with Crippen molar-refractivity contribution in [2.45, 2.75) is 18.6 Å². The first-order valence-corrected chi connectivity index (χ1v) is 8.47.